The van der Waals surface area contributed by atoms with E-state index in [9.17, 15) is 4.79 Å². The van der Waals surface area contributed by atoms with Gasteiger partial charge >= 0.3 is 0 Å². The number of amides is 1. The second kappa shape index (κ2) is 6.40. The predicted molar refractivity (Wildman–Crippen MR) is 85.6 cm³/mol. The molecule has 0 bridgehead atoms. The Morgan fingerprint density at radius 1 is 1.14 bits per heavy atom. The molecule has 0 aliphatic rings. The molecule has 21 heavy (non-hydrogen) atoms. The maximum Gasteiger partial charge on any atom is 0.265 e. The Labute approximate surface area is 125 Å². The molecule has 108 valence electrons. The smallest absolute Gasteiger partial charge is 0.265 e. The molecule has 0 fully saturated rings. The predicted octanol–water partition coefficient (Wildman–Crippen LogP) is 2.79. The normalized spacial score (nSPS) is 11.6. The Kier molecular flexibility index (Phi) is 4.59. The fourth-order valence-electron chi connectivity index (χ4n) is 1.72. The topological polar surface area (TPSA) is 58.5 Å². The van der Waals surface area contributed by atoms with E-state index in [2.05, 4.69) is 34.7 Å². The van der Waals surface area contributed by atoms with Gasteiger partial charge in [-0.25, -0.2) is 0 Å². The van der Waals surface area contributed by atoms with Gasteiger partial charge in [0.05, 0.1) is 6.21 Å². The molecule has 1 amide bonds. The second-order valence-electron chi connectivity index (χ2n) is 5.55. The van der Waals surface area contributed by atoms with Gasteiger partial charge < -0.3 is 0 Å². The molecule has 0 saturated heterocycles. The summed E-state index contributed by atoms with van der Waals surface area (Å²) >= 11 is 0. The summed E-state index contributed by atoms with van der Waals surface area (Å²) in [4.78, 5) is 20.6. The van der Waals surface area contributed by atoms with Crippen molar-refractivity contribution in [3.05, 3.63) is 60.2 Å². The zero-order chi connectivity index (χ0) is 15.3. The van der Waals surface area contributed by atoms with Gasteiger partial charge in [0, 0.05) is 35.9 Å². The standard InChI is InChI=1S/C15H18N4OSi/c1-21(2,3)19(15(20)14-6-9-16-10-7-14)18-12-13-5-4-8-17-11-13/h4-12H,1-3H3/b18-12+. The summed E-state index contributed by atoms with van der Waals surface area (Å²) in [5, 5.41) is 4.40. The van der Waals surface area contributed by atoms with Gasteiger partial charge in [0.25, 0.3) is 5.91 Å². The van der Waals surface area contributed by atoms with E-state index in [0.29, 0.717) is 5.56 Å². The molecule has 0 aliphatic heterocycles. The first-order valence-corrected chi connectivity index (χ1v) is 10.1. The largest absolute Gasteiger partial charge is 0.268 e. The van der Waals surface area contributed by atoms with Crippen LogP contribution in [-0.2, 0) is 0 Å². The highest BCUT2D eigenvalue weighted by molar-refractivity contribution is 6.75. The van der Waals surface area contributed by atoms with E-state index in [1.54, 1.807) is 47.8 Å². The fraction of sp³-hybridized carbons (Fsp3) is 0.200. The van der Waals surface area contributed by atoms with Gasteiger partial charge in [-0.05, 0) is 37.8 Å². The first-order valence-electron chi connectivity index (χ1n) is 6.67. The van der Waals surface area contributed by atoms with E-state index < -0.39 is 8.24 Å². The molecule has 0 atom stereocenters. The molecule has 2 rings (SSSR count). The van der Waals surface area contributed by atoms with Gasteiger partial charge in [-0.1, -0.05) is 6.07 Å². The van der Waals surface area contributed by atoms with Crippen molar-refractivity contribution in [2.24, 2.45) is 5.10 Å². The van der Waals surface area contributed by atoms with Crippen LogP contribution in [-0.4, -0.2) is 35.0 Å². The summed E-state index contributed by atoms with van der Waals surface area (Å²) in [6.07, 6.45) is 8.31. The Balaban J connectivity index is 2.28. The molecule has 0 N–H and O–H groups in total. The molecule has 5 nitrogen and oxygen atoms in total. The zero-order valence-corrected chi connectivity index (χ0v) is 13.4. The Morgan fingerprint density at radius 3 is 2.43 bits per heavy atom. The number of hydrazone groups is 1. The van der Waals surface area contributed by atoms with Crippen molar-refractivity contribution in [2.45, 2.75) is 19.6 Å². The van der Waals surface area contributed by atoms with E-state index in [1.165, 1.54) is 0 Å². The third-order valence-electron chi connectivity index (χ3n) is 2.76. The van der Waals surface area contributed by atoms with Gasteiger partial charge in [0.1, 0.15) is 0 Å². The van der Waals surface area contributed by atoms with Crippen LogP contribution in [0.1, 0.15) is 15.9 Å². The molecule has 6 heteroatoms. The Hall–Kier alpha value is -2.34. The van der Waals surface area contributed by atoms with Gasteiger partial charge in [0.2, 0.25) is 0 Å². The van der Waals surface area contributed by atoms with Gasteiger partial charge in [0.15, 0.2) is 8.24 Å². The van der Waals surface area contributed by atoms with Crippen molar-refractivity contribution >= 4 is 20.4 Å². The summed E-state index contributed by atoms with van der Waals surface area (Å²) in [6.45, 7) is 6.23. The summed E-state index contributed by atoms with van der Waals surface area (Å²) < 4.78 is 1.61. The minimum Gasteiger partial charge on any atom is -0.268 e. The van der Waals surface area contributed by atoms with Crippen LogP contribution in [0, 0.1) is 0 Å². The van der Waals surface area contributed by atoms with Gasteiger partial charge in [-0.3, -0.25) is 19.4 Å². The molecule has 0 aliphatic carbocycles. The van der Waals surface area contributed by atoms with Crippen LogP contribution in [0.15, 0.2) is 54.2 Å². The van der Waals surface area contributed by atoms with Gasteiger partial charge in [-0.2, -0.15) is 5.10 Å². The lowest BCUT2D eigenvalue weighted by atomic mass is 10.2. The third kappa shape index (κ3) is 4.06. The third-order valence-corrected chi connectivity index (χ3v) is 4.35. The number of carbonyl (C=O) groups excluding carboxylic acids is 1. The second-order valence-corrected chi connectivity index (χ2v) is 10.3. The number of pyridine rings is 2. The van der Waals surface area contributed by atoms with Crippen LogP contribution >= 0.6 is 0 Å². The van der Waals surface area contributed by atoms with Crippen molar-refractivity contribution in [1.82, 2.24) is 14.6 Å². The number of carbonyl (C=O) groups is 1. The lowest BCUT2D eigenvalue weighted by Gasteiger charge is -2.29. The lowest BCUT2D eigenvalue weighted by molar-refractivity contribution is 0.0854. The maximum absolute atomic E-state index is 12.6. The Bertz CT molecular complexity index is 623. The van der Waals surface area contributed by atoms with Crippen LogP contribution in [0.5, 0.6) is 0 Å². The van der Waals surface area contributed by atoms with Crippen LogP contribution in [0.2, 0.25) is 19.6 Å². The molecule has 0 aromatic carbocycles. The molecule has 0 saturated carbocycles. The van der Waals surface area contributed by atoms with Crippen molar-refractivity contribution < 1.29 is 4.79 Å². The van der Waals surface area contributed by atoms with E-state index in [0.717, 1.165) is 5.56 Å². The summed E-state index contributed by atoms with van der Waals surface area (Å²) in [7, 11) is -1.94. The van der Waals surface area contributed by atoms with Gasteiger partial charge in [-0.15, -0.1) is 0 Å². The van der Waals surface area contributed by atoms with Crippen molar-refractivity contribution in [3.8, 4) is 0 Å². The monoisotopic (exact) mass is 298 g/mol. The molecule has 0 unspecified atom stereocenters. The fourth-order valence-corrected chi connectivity index (χ4v) is 2.87. The SMILES string of the molecule is C[Si](C)(C)N(/N=C/c1cccnc1)C(=O)c1ccncc1. The Morgan fingerprint density at radius 2 is 1.86 bits per heavy atom. The number of hydrogen-bond acceptors (Lipinski definition) is 4. The highest BCUT2D eigenvalue weighted by Crippen LogP contribution is 2.15. The molecule has 0 spiro atoms. The molecular weight excluding hydrogens is 280 g/mol. The highest BCUT2D eigenvalue weighted by Gasteiger charge is 2.29. The van der Waals surface area contributed by atoms with E-state index >= 15 is 0 Å². The van der Waals surface area contributed by atoms with E-state index in [-0.39, 0.29) is 5.91 Å². The van der Waals surface area contributed by atoms with Crippen molar-refractivity contribution in [1.29, 1.82) is 0 Å². The zero-order valence-electron chi connectivity index (χ0n) is 12.4. The van der Waals surface area contributed by atoms with Crippen LogP contribution in [0.25, 0.3) is 0 Å². The maximum atomic E-state index is 12.6. The summed E-state index contributed by atoms with van der Waals surface area (Å²) in [5.41, 5.74) is 1.46. The number of aromatic nitrogens is 2. The summed E-state index contributed by atoms with van der Waals surface area (Å²) in [5.74, 6) is -0.100. The van der Waals surface area contributed by atoms with E-state index in [4.69, 9.17) is 0 Å². The first kappa shape index (κ1) is 15.1. The average Bonchev–Trinajstić information content (AvgIpc) is 2.48. The van der Waals surface area contributed by atoms with E-state index in [1.807, 2.05) is 12.1 Å². The number of nitrogens with zero attached hydrogens (tertiary/aromatic N) is 4. The molecule has 2 aromatic heterocycles. The number of rotatable bonds is 4. The quantitative estimate of drug-likeness (QED) is 0.495. The first-order chi connectivity index (χ1) is 9.98. The van der Waals surface area contributed by atoms with Crippen LogP contribution in [0.4, 0.5) is 0 Å². The van der Waals surface area contributed by atoms with Crippen LogP contribution < -0.4 is 0 Å². The van der Waals surface area contributed by atoms with Crippen molar-refractivity contribution in [2.75, 3.05) is 0 Å². The lowest BCUT2D eigenvalue weighted by Crippen LogP contribution is -2.46. The highest BCUT2D eigenvalue weighted by atomic mass is 28.3. The molecule has 2 aromatic rings. The minimum atomic E-state index is -1.94. The molecule has 0 radical (unpaired) electrons. The van der Waals surface area contributed by atoms with Crippen LogP contribution in [0.3, 0.4) is 0 Å². The summed E-state index contributed by atoms with van der Waals surface area (Å²) in [6, 6.07) is 7.14. The minimum absolute atomic E-state index is 0.100. The van der Waals surface area contributed by atoms with Crippen molar-refractivity contribution in [3.63, 3.8) is 0 Å². The molecular formula is C15H18N4OSi. The molecule has 2 heterocycles. The average molecular weight is 298 g/mol. The number of hydrogen-bond donors (Lipinski definition) is 0.